The van der Waals surface area contributed by atoms with Crippen molar-refractivity contribution < 1.29 is 9.90 Å². The smallest absolute Gasteiger partial charge is 0.0715 e. The van der Waals surface area contributed by atoms with Crippen LogP contribution < -0.4 is 10.0 Å². The highest BCUT2D eigenvalue weighted by molar-refractivity contribution is 5.87. The molecular formula is C11H14NO2-. The van der Waals surface area contributed by atoms with Crippen LogP contribution in [0.25, 0.3) is 0 Å². The van der Waals surface area contributed by atoms with Crippen molar-refractivity contribution in [3.05, 3.63) is 28.8 Å². The van der Waals surface area contributed by atoms with Crippen LogP contribution in [0.4, 0.5) is 5.69 Å². The van der Waals surface area contributed by atoms with Gasteiger partial charge in [-0.2, -0.15) is 0 Å². The fourth-order valence-electron chi connectivity index (χ4n) is 1.78. The van der Waals surface area contributed by atoms with Gasteiger partial charge >= 0.3 is 0 Å². The summed E-state index contributed by atoms with van der Waals surface area (Å²) in [6.45, 7) is 3.80. The summed E-state index contributed by atoms with van der Waals surface area (Å²) in [4.78, 5) is 12.6. The predicted molar refractivity (Wildman–Crippen MR) is 54.6 cm³/mol. The van der Waals surface area contributed by atoms with Gasteiger partial charge in [-0.3, -0.25) is 0 Å². The van der Waals surface area contributed by atoms with Crippen molar-refractivity contribution >= 4 is 11.7 Å². The molecule has 0 aromatic heterocycles. The number of rotatable bonds is 2. The molecule has 1 aromatic carbocycles. The number of carbonyl (C=O) groups is 1. The van der Waals surface area contributed by atoms with Crippen molar-refractivity contribution in [2.45, 2.75) is 13.8 Å². The molecule has 76 valence electrons. The average Bonchev–Trinajstić information content (AvgIpc) is 2.01. The molecule has 0 aliphatic rings. The summed E-state index contributed by atoms with van der Waals surface area (Å²) in [5, 5.41) is 10.7. The zero-order valence-electron chi connectivity index (χ0n) is 8.92. The fraction of sp³-hybridized carbons (Fsp3) is 0.364. The van der Waals surface area contributed by atoms with Gasteiger partial charge in [0.05, 0.1) is 5.97 Å². The number of carbonyl (C=O) groups excluding carboxylic acids is 1. The summed E-state index contributed by atoms with van der Waals surface area (Å²) < 4.78 is 0. The summed E-state index contributed by atoms with van der Waals surface area (Å²) >= 11 is 0. The lowest BCUT2D eigenvalue weighted by molar-refractivity contribution is -0.255. The van der Waals surface area contributed by atoms with Crippen molar-refractivity contribution in [1.82, 2.24) is 0 Å². The average molecular weight is 192 g/mol. The van der Waals surface area contributed by atoms with E-state index in [1.807, 2.05) is 32.8 Å². The number of aryl methyl sites for hydroxylation is 2. The number of nitrogens with zero attached hydrogens (tertiary/aromatic N) is 1. The minimum absolute atomic E-state index is 0.241. The molecule has 0 unspecified atom stereocenters. The summed E-state index contributed by atoms with van der Waals surface area (Å²) in [6, 6.07) is 3.27. The molecule has 3 heteroatoms. The molecule has 1 rings (SSSR count). The predicted octanol–water partition coefficient (Wildman–Crippen LogP) is 0.733. The van der Waals surface area contributed by atoms with Crippen molar-refractivity contribution in [3.63, 3.8) is 0 Å². The Balaban J connectivity index is 3.32. The largest absolute Gasteiger partial charge is 0.545 e. The van der Waals surface area contributed by atoms with E-state index in [2.05, 4.69) is 0 Å². The molecule has 14 heavy (non-hydrogen) atoms. The molecule has 0 atom stereocenters. The topological polar surface area (TPSA) is 43.4 Å². The molecule has 0 bridgehead atoms. The van der Waals surface area contributed by atoms with E-state index in [0.29, 0.717) is 0 Å². The number of anilines is 1. The SMILES string of the molecule is Cc1cc(C(=O)[O-])cc(C)c1N(C)C. The molecule has 0 spiro atoms. The van der Waals surface area contributed by atoms with Crippen LogP contribution in [0.5, 0.6) is 0 Å². The highest BCUT2D eigenvalue weighted by Crippen LogP contribution is 2.24. The van der Waals surface area contributed by atoms with Crippen LogP contribution in [-0.4, -0.2) is 20.1 Å². The minimum Gasteiger partial charge on any atom is -0.545 e. The molecule has 0 amide bonds. The third-order valence-electron chi connectivity index (χ3n) is 2.17. The summed E-state index contributed by atoms with van der Waals surface area (Å²) in [6.07, 6.45) is 0. The minimum atomic E-state index is -1.12. The summed E-state index contributed by atoms with van der Waals surface area (Å²) in [7, 11) is 3.88. The van der Waals surface area contributed by atoms with Crippen LogP contribution in [0, 0.1) is 13.8 Å². The normalized spacial score (nSPS) is 10.0. The van der Waals surface area contributed by atoms with E-state index in [0.717, 1.165) is 16.8 Å². The zero-order valence-corrected chi connectivity index (χ0v) is 8.92. The Hall–Kier alpha value is -1.51. The van der Waals surface area contributed by atoms with Crippen molar-refractivity contribution in [3.8, 4) is 0 Å². The molecule has 0 fully saturated rings. The van der Waals surface area contributed by atoms with E-state index in [1.54, 1.807) is 12.1 Å². The third kappa shape index (κ3) is 1.87. The van der Waals surface area contributed by atoms with E-state index < -0.39 is 5.97 Å². The van der Waals surface area contributed by atoms with Gasteiger partial charge in [0.15, 0.2) is 0 Å². The summed E-state index contributed by atoms with van der Waals surface area (Å²) in [5.74, 6) is -1.12. The Kier molecular flexibility index (Phi) is 2.79. The molecule has 0 heterocycles. The molecule has 0 aliphatic heterocycles. The lowest BCUT2D eigenvalue weighted by Crippen LogP contribution is -2.23. The van der Waals surface area contributed by atoms with E-state index in [9.17, 15) is 9.90 Å². The van der Waals surface area contributed by atoms with Gasteiger partial charge in [0.2, 0.25) is 0 Å². The van der Waals surface area contributed by atoms with Gasteiger partial charge in [0, 0.05) is 19.8 Å². The van der Waals surface area contributed by atoms with Crippen LogP contribution in [-0.2, 0) is 0 Å². The first-order chi connectivity index (χ1) is 6.43. The maximum absolute atomic E-state index is 10.7. The monoisotopic (exact) mass is 192 g/mol. The second kappa shape index (κ2) is 3.70. The maximum atomic E-state index is 10.7. The molecule has 0 N–H and O–H groups in total. The van der Waals surface area contributed by atoms with Crippen LogP contribution in [0.3, 0.4) is 0 Å². The van der Waals surface area contributed by atoms with Gasteiger partial charge in [-0.25, -0.2) is 0 Å². The van der Waals surface area contributed by atoms with E-state index >= 15 is 0 Å². The van der Waals surface area contributed by atoms with E-state index in [4.69, 9.17) is 0 Å². The van der Waals surface area contributed by atoms with Gasteiger partial charge in [0.25, 0.3) is 0 Å². The van der Waals surface area contributed by atoms with Crippen LogP contribution in [0.1, 0.15) is 21.5 Å². The Labute approximate surface area is 84.0 Å². The Morgan fingerprint density at radius 2 is 1.64 bits per heavy atom. The zero-order chi connectivity index (χ0) is 10.9. The Morgan fingerprint density at radius 1 is 1.21 bits per heavy atom. The highest BCUT2D eigenvalue weighted by atomic mass is 16.4. The molecule has 0 saturated carbocycles. The Morgan fingerprint density at radius 3 is 1.93 bits per heavy atom. The number of hydrogen-bond acceptors (Lipinski definition) is 3. The van der Waals surface area contributed by atoms with Gasteiger partial charge in [-0.05, 0) is 42.7 Å². The molecule has 0 saturated heterocycles. The standard InChI is InChI=1S/C11H15NO2/c1-7-5-9(11(13)14)6-8(2)10(7)12(3)4/h5-6H,1-4H3,(H,13,14)/p-1. The lowest BCUT2D eigenvalue weighted by Gasteiger charge is -2.20. The van der Waals surface area contributed by atoms with E-state index in [-0.39, 0.29) is 5.56 Å². The van der Waals surface area contributed by atoms with Crippen molar-refractivity contribution in [2.24, 2.45) is 0 Å². The maximum Gasteiger partial charge on any atom is 0.0715 e. The number of hydrogen-bond donors (Lipinski definition) is 0. The van der Waals surface area contributed by atoms with Crippen LogP contribution >= 0.6 is 0 Å². The molecule has 3 nitrogen and oxygen atoms in total. The second-order valence-corrected chi connectivity index (χ2v) is 3.64. The van der Waals surface area contributed by atoms with Crippen LogP contribution in [0.2, 0.25) is 0 Å². The first-order valence-corrected chi connectivity index (χ1v) is 4.43. The molecule has 0 aliphatic carbocycles. The first-order valence-electron chi connectivity index (χ1n) is 4.43. The second-order valence-electron chi connectivity index (χ2n) is 3.64. The van der Waals surface area contributed by atoms with E-state index in [1.165, 1.54) is 0 Å². The molecule has 1 aromatic rings. The molecular weight excluding hydrogens is 178 g/mol. The molecule has 0 radical (unpaired) electrons. The van der Waals surface area contributed by atoms with Gasteiger partial charge in [0.1, 0.15) is 0 Å². The third-order valence-corrected chi connectivity index (χ3v) is 2.17. The van der Waals surface area contributed by atoms with Crippen molar-refractivity contribution in [1.29, 1.82) is 0 Å². The quantitative estimate of drug-likeness (QED) is 0.694. The van der Waals surface area contributed by atoms with Crippen molar-refractivity contribution in [2.75, 3.05) is 19.0 Å². The van der Waals surface area contributed by atoms with Gasteiger partial charge in [-0.15, -0.1) is 0 Å². The number of aromatic carboxylic acids is 1. The van der Waals surface area contributed by atoms with Crippen LogP contribution in [0.15, 0.2) is 12.1 Å². The first kappa shape index (κ1) is 10.6. The summed E-state index contributed by atoms with van der Waals surface area (Å²) in [5.41, 5.74) is 3.21. The number of benzene rings is 1. The number of carboxylic acids is 1. The number of carboxylic acid groups (broad SMARTS) is 1. The van der Waals surface area contributed by atoms with Gasteiger partial charge in [-0.1, -0.05) is 0 Å². The Bertz CT molecular complexity index is 347. The highest BCUT2D eigenvalue weighted by Gasteiger charge is 2.06. The lowest BCUT2D eigenvalue weighted by atomic mass is 10.0. The van der Waals surface area contributed by atoms with Gasteiger partial charge < -0.3 is 14.8 Å². The fourth-order valence-corrected chi connectivity index (χ4v) is 1.78.